The Morgan fingerprint density at radius 1 is 0.895 bits per heavy atom. The van der Waals surface area contributed by atoms with E-state index in [1.807, 2.05) is 6.92 Å². The van der Waals surface area contributed by atoms with Crippen LogP contribution in [-0.4, -0.2) is 44.3 Å². The monoisotopic (exact) mass is 278 g/mol. The van der Waals surface area contributed by atoms with Gasteiger partial charge in [0.15, 0.2) is 0 Å². The van der Waals surface area contributed by atoms with E-state index in [1.165, 1.54) is 0 Å². The van der Waals surface area contributed by atoms with Gasteiger partial charge in [0.25, 0.3) is 0 Å². The van der Waals surface area contributed by atoms with Crippen molar-refractivity contribution in [1.29, 1.82) is 0 Å². The minimum Gasteiger partial charge on any atom is -0.393 e. The van der Waals surface area contributed by atoms with E-state index in [-0.39, 0.29) is 18.3 Å². The number of rotatable bonds is 8. The second-order valence-electron chi connectivity index (χ2n) is 6.04. The van der Waals surface area contributed by atoms with Gasteiger partial charge in [0, 0.05) is 0 Å². The van der Waals surface area contributed by atoms with Crippen molar-refractivity contribution in [2.24, 2.45) is 0 Å². The van der Waals surface area contributed by atoms with Crippen molar-refractivity contribution < 1.29 is 20.4 Å². The van der Waals surface area contributed by atoms with E-state index in [0.717, 1.165) is 25.7 Å². The predicted octanol–water partition coefficient (Wildman–Crippen LogP) is 2.23. The molecule has 3 atom stereocenters. The van der Waals surface area contributed by atoms with E-state index < -0.39 is 5.60 Å². The summed E-state index contributed by atoms with van der Waals surface area (Å²) in [5, 5.41) is 35.9. The molecule has 0 rings (SSSR count). The summed E-state index contributed by atoms with van der Waals surface area (Å²) in [6, 6.07) is 0. The van der Waals surface area contributed by atoms with Crippen molar-refractivity contribution >= 4 is 0 Å². The summed E-state index contributed by atoms with van der Waals surface area (Å²) in [7, 11) is 0. The fraction of sp³-hybridized carbons (Fsp3) is 1.00. The number of aliphatic hydroxyl groups excluding tert-OH is 3. The highest BCUT2D eigenvalue weighted by Gasteiger charge is 2.11. The Kier molecular flexibility index (Phi) is 13.0. The molecule has 0 aliphatic carbocycles. The summed E-state index contributed by atoms with van der Waals surface area (Å²) < 4.78 is 0. The molecular formula is C15H34O4. The van der Waals surface area contributed by atoms with Gasteiger partial charge in [0.05, 0.1) is 23.9 Å². The standard InChI is InChI=1S/C8H18O2.C7H16O2/c1-7(9)5-4-6-8(2,3)10;1-3-7(9)5-4-6(2)8/h7,9-10H,4-6H2,1-3H3;6-9H,3-5H2,1-2H3. The molecule has 0 radical (unpaired) electrons. The maximum atomic E-state index is 9.25. The smallest absolute Gasteiger partial charge is 0.0591 e. The molecule has 0 bridgehead atoms. The van der Waals surface area contributed by atoms with E-state index >= 15 is 0 Å². The minimum atomic E-state index is -0.575. The lowest BCUT2D eigenvalue weighted by Gasteiger charge is -2.16. The van der Waals surface area contributed by atoms with Gasteiger partial charge in [-0.25, -0.2) is 0 Å². The largest absolute Gasteiger partial charge is 0.393 e. The lowest BCUT2D eigenvalue weighted by molar-refractivity contribution is 0.0633. The summed E-state index contributed by atoms with van der Waals surface area (Å²) in [4.78, 5) is 0. The van der Waals surface area contributed by atoms with Crippen LogP contribution < -0.4 is 0 Å². The fourth-order valence-electron chi connectivity index (χ4n) is 1.47. The normalized spacial score (nSPS) is 16.3. The van der Waals surface area contributed by atoms with Crippen LogP contribution in [0.15, 0.2) is 0 Å². The third kappa shape index (κ3) is 23.4. The highest BCUT2D eigenvalue weighted by atomic mass is 16.3. The van der Waals surface area contributed by atoms with Crippen molar-refractivity contribution in [2.75, 3.05) is 0 Å². The molecule has 0 amide bonds. The molecule has 0 saturated heterocycles. The summed E-state index contributed by atoms with van der Waals surface area (Å²) in [5.41, 5.74) is -0.575. The second-order valence-corrected chi connectivity index (χ2v) is 6.04. The van der Waals surface area contributed by atoms with E-state index in [1.54, 1.807) is 27.7 Å². The van der Waals surface area contributed by atoms with Crippen molar-refractivity contribution in [1.82, 2.24) is 0 Å². The molecule has 3 unspecified atom stereocenters. The number of aliphatic hydroxyl groups is 4. The first kappa shape index (κ1) is 21.1. The first-order chi connectivity index (χ1) is 8.58. The minimum absolute atomic E-state index is 0.223. The van der Waals surface area contributed by atoms with Crippen LogP contribution in [0.1, 0.15) is 73.1 Å². The van der Waals surface area contributed by atoms with E-state index in [2.05, 4.69) is 0 Å². The molecule has 0 aliphatic heterocycles. The molecule has 0 aromatic rings. The van der Waals surface area contributed by atoms with Crippen molar-refractivity contribution in [3.8, 4) is 0 Å². The Balaban J connectivity index is 0. The molecule has 0 spiro atoms. The molecular weight excluding hydrogens is 244 g/mol. The van der Waals surface area contributed by atoms with Crippen molar-refractivity contribution in [3.05, 3.63) is 0 Å². The maximum absolute atomic E-state index is 9.25. The molecule has 4 nitrogen and oxygen atoms in total. The summed E-state index contributed by atoms with van der Waals surface area (Å²) in [6.07, 6.45) is 3.91. The molecule has 4 N–H and O–H groups in total. The third-order valence-corrected chi connectivity index (χ3v) is 2.80. The van der Waals surface area contributed by atoms with Gasteiger partial charge in [0.2, 0.25) is 0 Å². The highest BCUT2D eigenvalue weighted by Crippen LogP contribution is 2.12. The third-order valence-electron chi connectivity index (χ3n) is 2.80. The Morgan fingerprint density at radius 3 is 1.68 bits per heavy atom. The van der Waals surface area contributed by atoms with Crippen LogP contribution in [0, 0.1) is 0 Å². The van der Waals surface area contributed by atoms with Crippen LogP contribution in [0.2, 0.25) is 0 Å². The summed E-state index contributed by atoms with van der Waals surface area (Å²) >= 11 is 0. The van der Waals surface area contributed by atoms with Gasteiger partial charge >= 0.3 is 0 Å². The van der Waals surface area contributed by atoms with Crippen LogP contribution in [0.25, 0.3) is 0 Å². The second kappa shape index (κ2) is 11.6. The molecule has 118 valence electrons. The fourth-order valence-corrected chi connectivity index (χ4v) is 1.47. The molecule has 4 heteroatoms. The first-order valence-corrected chi connectivity index (χ1v) is 7.35. The van der Waals surface area contributed by atoms with Gasteiger partial charge in [-0.1, -0.05) is 6.92 Å². The van der Waals surface area contributed by atoms with Gasteiger partial charge in [-0.15, -0.1) is 0 Å². The summed E-state index contributed by atoms with van der Waals surface area (Å²) in [6.45, 7) is 9.02. The van der Waals surface area contributed by atoms with Crippen LogP contribution >= 0.6 is 0 Å². The summed E-state index contributed by atoms with van der Waals surface area (Å²) in [5.74, 6) is 0. The molecule has 19 heavy (non-hydrogen) atoms. The molecule has 0 saturated carbocycles. The van der Waals surface area contributed by atoms with Crippen molar-refractivity contribution in [3.63, 3.8) is 0 Å². The lowest BCUT2D eigenvalue weighted by atomic mass is 10.0. The van der Waals surface area contributed by atoms with Gasteiger partial charge in [0.1, 0.15) is 0 Å². The number of hydrogen-bond acceptors (Lipinski definition) is 4. The zero-order valence-electron chi connectivity index (χ0n) is 13.3. The van der Waals surface area contributed by atoms with Gasteiger partial charge in [-0.3, -0.25) is 0 Å². The highest BCUT2D eigenvalue weighted by molar-refractivity contribution is 4.65. The molecule has 0 fully saturated rings. The van der Waals surface area contributed by atoms with E-state index in [9.17, 15) is 5.11 Å². The average Bonchev–Trinajstić information content (AvgIpc) is 2.24. The Labute approximate surface area is 118 Å². The van der Waals surface area contributed by atoms with Crippen LogP contribution in [0.4, 0.5) is 0 Å². The van der Waals surface area contributed by atoms with E-state index in [4.69, 9.17) is 15.3 Å². The zero-order valence-corrected chi connectivity index (χ0v) is 13.3. The lowest BCUT2D eigenvalue weighted by Crippen LogP contribution is -2.18. The van der Waals surface area contributed by atoms with E-state index in [0.29, 0.717) is 12.8 Å². The van der Waals surface area contributed by atoms with Crippen LogP contribution in [-0.2, 0) is 0 Å². The van der Waals surface area contributed by atoms with Gasteiger partial charge in [-0.05, 0) is 66.2 Å². The quantitative estimate of drug-likeness (QED) is 0.549. The topological polar surface area (TPSA) is 80.9 Å². The van der Waals surface area contributed by atoms with Crippen LogP contribution in [0.5, 0.6) is 0 Å². The van der Waals surface area contributed by atoms with Crippen LogP contribution in [0.3, 0.4) is 0 Å². The molecule has 0 aliphatic rings. The first-order valence-electron chi connectivity index (χ1n) is 7.35. The molecule has 0 aromatic carbocycles. The molecule has 0 aromatic heterocycles. The Morgan fingerprint density at radius 2 is 1.37 bits per heavy atom. The van der Waals surface area contributed by atoms with Crippen molar-refractivity contribution in [2.45, 2.75) is 97.1 Å². The van der Waals surface area contributed by atoms with Gasteiger partial charge < -0.3 is 20.4 Å². The molecule has 0 heterocycles. The zero-order chi connectivity index (χ0) is 15.5. The predicted molar refractivity (Wildman–Crippen MR) is 79.0 cm³/mol. The SMILES string of the molecule is CC(O)CCCC(C)(C)O.CCC(O)CCC(C)O. The Bertz CT molecular complexity index is 185. The maximum Gasteiger partial charge on any atom is 0.0591 e. The Hall–Kier alpha value is -0.160. The average molecular weight is 278 g/mol. The number of hydrogen-bond donors (Lipinski definition) is 4. The van der Waals surface area contributed by atoms with Gasteiger partial charge in [-0.2, -0.15) is 0 Å².